The Kier molecular flexibility index (Phi) is 5.32. The van der Waals surface area contributed by atoms with Gasteiger partial charge >= 0.3 is 6.03 Å². The van der Waals surface area contributed by atoms with Crippen LogP contribution >= 0.6 is 11.6 Å². The number of amides is 3. The van der Waals surface area contributed by atoms with E-state index in [-0.39, 0.29) is 11.8 Å². The molecule has 2 aromatic rings. The first kappa shape index (κ1) is 18.1. The molecular formula is C19H20ClN3O3. The van der Waals surface area contributed by atoms with Crippen molar-refractivity contribution in [2.45, 2.75) is 12.0 Å². The summed E-state index contributed by atoms with van der Waals surface area (Å²) >= 11 is 5.84. The number of likely N-dealkylation sites (N-methyl/N-ethyl adjacent to an activating group) is 1. The molecule has 136 valence electrons. The number of carbonyl (C=O) groups is 2. The molecule has 7 heteroatoms. The fourth-order valence-electron chi connectivity index (χ4n) is 3.05. The molecule has 0 aliphatic carbocycles. The molecule has 0 saturated carbocycles. The molecule has 2 aromatic carbocycles. The van der Waals surface area contributed by atoms with Crippen molar-refractivity contribution in [1.29, 1.82) is 0 Å². The highest BCUT2D eigenvalue weighted by atomic mass is 35.5. The Balaban J connectivity index is 1.73. The summed E-state index contributed by atoms with van der Waals surface area (Å²) in [6, 6.07) is 13.3. The van der Waals surface area contributed by atoms with Crippen LogP contribution in [-0.4, -0.2) is 43.6 Å². The molecule has 0 spiro atoms. The molecule has 3 amide bonds. The van der Waals surface area contributed by atoms with Gasteiger partial charge in [-0.15, -0.1) is 0 Å². The van der Waals surface area contributed by atoms with Crippen LogP contribution in [0.1, 0.15) is 11.5 Å². The number of rotatable bonds is 4. The van der Waals surface area contributed by atoms with Gasteiger partial charge in [-0.25, -0.2) is 4.79 Å². The first-order valence-electron chi connectivity index (χ1n) is 8.20. The first-order chi connectivity index (χ1) is 12.5. The van der Waals surface area contributed by atoms with Crippen LogP contribution in [0.4, 0.5) is 10.5 Å². The fraction of sp³-hybridized carbons (Fsp3) is 0.263. The average Bonchev–Trinajstić information content (AvgIpc) is 2.92. The van der Waals surface area contributed by atoms with Crippen molar-refractivity contribution < 1.29 is 14.3 Å². The van der Waals surface area contributed by atoms with Crippen LogP contribution in [0.5, 0.6) is 5.75 Å². The molecule has 1 fully saturated rings. The van der Waals surface area contributed by atoms with E-state index in [9.17, 15) is 9.59 Å². The number of hydrogen-bond donors (Lipinski definition) is 2. The Morgan fingerprint density at radius 2 is 1.81 bits per heavy atom. The molecule has 6 nitrogen and oxygen atoms in total. The molecule has 2 N–H and O–H groups in total. The lowest BCUT2D eigenvalue weighted by Crippen LogP contribution is -2.44. The zero-order valence-electron chi connectivity index (χ0n) is 14.5. The Bertz CT molecular complexity index is 793. The van der Waals surface area contributed by atoms with E-state index < -0.39 is 12.1 Å². The summed E-state index contributed by atoms with van der Waals surface area (Å²) in [6.45, 7) is 0.539. The monoisotopic (exact) mass is 373 g/mol. The van der Waals surface area contributed by atoms with Gasteiger partial charge in [0.05, 0.1) is 7.11 Å². The second kappa shape index (κ2) is 7.66. The van der Waals surface area contributed by atoms with E-state index in [2.05, 4.69) is 10.6 Å². The van der Waals surface area contributed by atoms with Crippen LogP contribution in [0.2, 0.25) is 5.02 Å². The van der Waals surface area contributed by atoms with Crippen LogP contribution in [0.3, 0.4) is 0 Å². The Hall–Kier alpha value is -2.73. The van der Waals surface area contributed by atoms with Crippen LogP contribution in [-0.2, 0) is 4.79 Å². The average molecular weight is 374 g/mol. The predicted octanol–water partition coefficient (Wildman–Crippen LogP) is 3.09. The highest BCUT2D eigenvalue weighted by Crippen LogP contribution is 2.29. The Labute approximate surface area is 157 Å². The number of likely N-dealkylation sites (tertiary alicyclic amines) is 1. The molecule has 0 radical (unpaired) electrons. The summed E-state index contributed by atoms with van der Waals surface area (Å²) in [6.07, 6.45) is 0. The topological polar surface area (TPSA) is 70.7 Å². The van der Waals surface area contributed by atoms with E-state index in [0.29, 0.717) is 17.3 Å². The van der Waals surface area contributed by atoms with Crippen molar-refractivity contribution in [2.24, 2.45) is 0 Å². The van der Waals surface area contributed by atoms with Crippen molar-refractivity contribution in [3.63, 3.8) is 0 Å². The molecule has 1 saturated heterocycles. The third-order valence-electron chi connectivity index (χ3n) is 4.45. The molecule has 3 rings (SSSR count). The van der Waals surface area contributed by atoms with E-state index in [1.807, 2.05) is 24.3 Å². The maximum Gasteiger partial charge on any atom is 0.319 e. The summed E-state index contributed by atoms with van der Waals surface area (Å²) in [7, 11) is 3.34. The first-order valence-corrected chi connectivity index (χ1v) is 8.57. The van der Waals surface area contributed by atoms with Crippen LogP contribution in [0.25, 0.3) is 0 Å². The largest absolute Gasteiger partial charge is 0.497 e. The number of ether oxygens (including phenoxy) is 1. The van der Waals surface area contributed by atoms with Gasteiger partial charge in [0.1, 0.15) is 11.8 Å². The molecular weight excluding hydrogens is 354 g/mol. The molecule has 1 aliphatic rings. The summed E-state index contributed by atoms with van der Waals surface area (Å²) in [5.41, 5.74) is 1.58. The lowest BCUT2D eigenvalue weighted by Gasteiger charge is -2.19. The standard InChI is InChI=1S/C19H20ClN3O3/c1-23-11-16(12-3-9-15(26-2)10-4-12)17(18(23)24)22-19(25)21-14-7-5-13(20)6-8-14/h3-10,16-17H,11H2,1-2H3,(H2,21,22,25)/t16-,17?/m0/s1. The second-order valence-electron chi connectivity index (χ2n) is 6.18. The third kappa shape index (κ3) is 3.91. The van der Waals surface area contributed by atoms with Gasteiger partial charge in [0.25, 0.3) is 0 Å². The number of methoxy groups -OCH3 is 1. The minimum atomic E-state index is -0.624. The number of halogens is 1. The van der Waals surface area contributed by atoms with Crippen molar-refractivity contribution in [3.8, 4) is 5.75 Å². The molecule has 0 aromatic heterocycles. The number of nitrogens with one attached hydrogen (secondary N) is 2. The number of urea groups is 1. The molecule has 0 bridgehead atoms. The molecule has 2 atom stereocenters. The number of benzene rings is 2. The van der Waals surface area contributed by atoms with Gasteiger partial charge in [0.2, 0.25) is 5.91 Å². The van der Waals surface area contributed by atoms with Crippen LogP contribution < -0.4 is 15.4 Å². The maximum atomic E-state index is 12.5. The quantitative estimate of drug-likeness (QED) is 0.865. The zero-order valence-corrected chi connectivity index (χ0v) is 15.3. The van der Waals surface area contributed by atoms with E-state index >= 15 is 0 Å². The zero-order chi connectivity index (χ0) is 18.7. The number of nitrogens with zero attached hydrogens (tertiary/aromatic N) is 1. The SMILES string of the molecule is COc1ccc([C@@H]2CN(C)C(=O)C2NC(=O)Nc2ccc(Cl)cc2)cc1. The maximum absolute atomic E-state index is 12.5. The number of carbonyl (C=O) groups excluding carboxylic acids is 2. The van der Waals surface area contributed by atoms with Crippen molar-refractivity contribution >= 4 is 29.2 Å². The van der Waals surface area contributed by atoms with Gasteiger partial charge < -0.3 is 20.3 Å². The summed E-state index contributed by atoms with van der Waals surface area (Å²) in [5, 5.41) is 6.10. The summed E-state index contributed by atoms with van der Waals surface area (Å²) in [5.74, 6) is 0.503. The Morgan fingerprint density at radius 1 is 1.15 bits per heavy atom. The van der Waals surface area contributed by atoms with Gasteiger partial charge in [-0.3, -0.25) is 4.79 Å². The van der Waals surface area contributed by atoms with Crippen molar-refractivity contribution in [1.82, 2.24) is 10.2 Å². The highest BCUT2D eigenvalue weighted by Gasteiger charge is 2.40. The van der Waals surface area contributed by atoms with Gasteiger partial charge in [0.15, 0.2) is 0 Å². The molecule has 1 aliphatic heterocycles. The Morgan fingerprint density at radius 3 is 2.42 bits per heavy atom. The number of hydrogen-bond acceptors (Lipinski definition) is 3. The van der Waals surface area contributed by atoms with Gasteiger partial charge in [-0.1, -0.05) is 23.7 Å². The van der Waals surface area contributed by atoms with E-state index in [1.54, 1.807) is 43.3 Å². The van der Waals surface area contributed by atoms with E-state index in [1.165, 1.54) is 0 Å². The lowest BCUT2D eigenvalue weighted by molar-refractivity contribution is -0.128. The smallest absolute Gasteiger partial charge is 0.319 e. The number of anilines is 1. The molecule has 26 heavy (non-hydrogen) atoms. The minimum absolute atomic E-state index is 0.114. The normalized spacial score (nSPS) is 19.3. The van der Waals surface area contributed by atoms with E-state index in [4.69, 9.17) is 16.3 Å². The van der Waals surface area contributed by atoms with Crippen molar-refractivity contribution in [3.05, 3.63) is 59.1 Å². The van der Waals surface area contributed by atoms with Crippen LogP contribution in [0.15, 0.2) is 48.5 Å². The third-order valence-corrected chi connectivity index (χ3v) is 4.70. The fourth-order valence-corrected chi connectivity index (χ4v) is 3.18. The second-order valence-corrected chi connectivity index (χ2v) is 6.62. The lowest BCUT2D eigenvalue weighted by atomic mass is 9.94. The highest BCUT2D eigenvalue weighted by molar-refractivity contribution is 6.30. The van der Waals surface area contributed by atoms with E-state index in [0.717, 1.165) is 11.3 Å². The minimum Gasteiger partial charge on any atom is -0.497 e. The predicted molar refractivity (Wildman–Crippen MR) is 101 cm³/mol. The molecule has 1 unspecified atom stereocenters. The summed E-state index contributed by atoms with van der Waals surface area (Å²) < 4.78 is 5.17. The molecule has 1 heterocycles. The van der Waals surface area contributed by atoms with Gasteiger partial charge in [-0.2, -0.15) is 0 Å². The summed E-state index contributed by atoms with van der Waals surface area (Å²) in [4.78, 5) is 26.5. The van der Waals surface area contributed by atoms with Crippen molar-refractivity contribution in [2.75, 3.05) is 26.0 Å². The van der Waals surface area contributed by atoms with Crippen LogP contribution in [0, 0.1) is 0 Å². The van der Waals surface area contributed by atoms with Gasteiger partial charge in [0, 0.05) is 30.2 Å². The van der Waals surface area contributed by atoms with Gasteiger partial charge in [-0.05, 0) is 42.0 Å².